The Kier molecular flexibility index (Phi) is 3.84. The van der Waals surface area contributed by atoms with Crippen LogP contribution in [-0.4, -0.2) is 12.6 Å². The second-order valence-electron chi connectivity index (χ2n) is 4.90. The maximum Gasteiger partial charge on any atom is 0.338 e. The summed E-state index contributed by atoms with van der Waals surface area (Å²) in [5, 5.41) is 9.71. The minimum absolute atomic E-state index is 0.246. The second kappa shape index (κ2) is 5.82. The Labute approximate surface area is 136 Å². The lowest BCUT2D eigenvalue weighted by atomic mass is 9.87. The fourth-order valence-corrected chi connectivity index (χ4v) is 3.57. The van der Waals surface area contributed by atoms with Crippen LogP contribution in [0.4, 0.5) is 5.69 Å². The van der Waals surface area contributed by atoms with Gasteiger partial charge < -0.3 is 19.6 Å². The lowest BCUT2D eigenvalue weighted by Crippen LogP contribution is -2.22. The third-order valence-corrected chi connectivity index (χ3v) is 4.58. The van der Waals surface area contributed by atoms with Gasteiger partial charge in [-0.1, -0.05) is 11.3 Å². The number of rotatable bonds is 3. The van der Waals surface area contributed by atoms with Crippen molar-refractivity contribution < 1.29 is 18.7 Å². The van der Waals surface area contributed by atoms with Gasteiger partial charge in [0.25, 0.3) is 0 Å². The standard InChI is InChI=1S/C16H14N2O4S/c1-3-20-15(19)11-8(2)22-16-13(14(18)10(7-17)23-16)12(11)9-5-4-6-21-9/h4-6,12H,3,18H2,1-2H3. The molecule has 3 rings (SSSR count). The summed E-state index contributed by atoms with van der Waals surface area (Å²) < 4.78 is 16.4. The number of allylic oxidation sites excluding steroid dienone is 1. The molecule has 6 nitrogen and oxygen atoms in total. The largest absolute Gasteiger partial charge is 0.468 e. The number of carbonyl (C=O) groups excluding carboxylic acids is 1. The average Bonchev–Trinajstić information content (AvgIpc) is 3.14. The third kappa shape index (κ3) is 2.37. The van der Waals surface area contributed by atoms with Gasteiger partial charge >= 0.3 is 5.97 Å². The van der Waals surface area contributed by atoms with Gasteiger partial charge in [0.1, 0.15) is 22.5 Å². The number of nitrogen functional groups attached to an aromatic ring is 1. The molecule has 0 spiro atoms. The van der Waals surface area contributed by atoms with Crippen molar-refractivity contribution in [1.29, 1.82) is 5.26 Å². The van der Waals surface area contributed by atoms with Crippen LogP contribution in [0, 0.1) is 11.3 Å². The van der Waals surface area contributed by atoms with Gasteiger partial charge in [0.05, 0.1) is 30.0 Å². The van der Waals surface area contributed by atoms with Crippen molar-refractivity contribution in [3.8, 4) is 11.1 Å². The topological polar surface area (TPSA) is 98.5 Å². The number of furan rings is 1. The van der Waals surface area contributed by atoms with Crippen molar-refractivity contribution in [2.75, 3.05) is 12.3 Å². The normalized spacial score (nSPS) is 16.5. The highest BCUT2D eigenvalue weighted by Crippen LogP contribution is 2.51. The zero-order chi connectivity index (χ0) is 16.6. The fraction of sp³-hybridized carbons (Fsp3) is 0.250. The van der Waals surface area contributed by atoms with Crippen molar-refractivity contribution in [3.63, 3.8) is 0 Å². The molecule has 23 heavy (non-hydrogen) atoms. The number of esters is 1. The number of carbonyl (C=O) groups is 1. The van der Waals surface area contributed by atoms with Crippen LogP contribution in [0.15, 0.2) is 34.1 Å². The quantitative estimate of drug-likeness (QED) is 0.868. The molecule has 1 unspecified atom stereocenters. The number of hydrogen-bond donors (Lipinski definition) is 1. The molecule has 0 amide bonds. The summed E-state index contributed by atoms with van der Waals surface area (Å²) in [6, 6.07) is 5.54. The molecule has 1 atom stereocenters. The first-order chi connectivity index (χ1) is 11.1. The highest BCUT2D eigenvalue weighted by molar-refractivity contribution is 7.15. The summed E-state index contributed by atoms with van der Waals surface area (Å²) in [5.74, 6) is -0.0682. The number of nitriles is 1. The van der Waals surface area contributed by atoms with E-state index in [4.69, 9.17) is 19.6 Å². The van der Waals surface area contributed by atoms with Crippen LogP contribution < -0.4 is 10.5 Å². The van der Waals surface area contributed by atoms with Gasteiger partial charge in [-0.15, -0.1) is 0 Å². The number of hydrogen-bond acceptors (Lipinski definition) is 7. The monoisotopic (exact) mass is 330 g/mol. The first-order valence-electron chi connectivity index (χ1n) is 6.99. The number of thiophene rings is 1. The number of ether oxygens (including phenoxy) is 2. The molecular formula is C16H14N2O4S. The molecule has 0 fully saturated rings. The molecule has 2 aromatic rings. The smallest absolute Gasteiger partial charge is 0.338 e. The average molecular weight is 330 g/mol. The summed E-state index contributed by atoms with van der Waals surface area (Å²) in [6.45, 7) is 3.67. The summed E-state index contributed by atoms with van der Waals surface area (Å²) >= 11 is 1.16. The maximum absolute atomic E-state index is 12.4. The minimum Gasteiger partial charge on any atom is -0.468 e. The van der Waals surface area contributed by atoms with Gasteiger partial charge in [-0.05, 0) is 26.0 Å². The number of nitrogens with two attached hydrogens (primary N) is 1. The van der Waals surface area contributed by atoms with Crippen molar-refractivity contribution in [1.82, 2.24) is 0 Å². The molecule has 1 aliphatic rings. The highest BCUT2D eigenvalue weighted by atomic mass is 32.1. The molecule has 0 saturated carbocycles. The zero-order valence-corrected chi connectivity index (χ0v) is 13.4. The van der Waals surface area contributed by atoms with E-state index in [0.717, 1.165) is 11.3 Å². The van der Waals surface area contributed by atoms with Gasteiger partial charge in [0, 0.05) is 5.56 Å². The first-order valence-corrected chi connectivity index (χ1v) is 7.81. The molecule has 0 aliphatic carbocycles. The van der Waals surface area contributed by atoms with Crippen LogP contribution in [0.2, 0.25) is 0 Å². The predicted molar refractivity (Wildman–Crippen MR) is 84.0 cm³/mol. The second-order valence-corrected chi connectivity index (χ2v) is 5.88. The van der Waals surface area contributed by atoms with Crippen LogP contribution in [0.1, 0.15) is 36.0 Å². The number of anilines is 1. The Balaban J connectivity index is 2.22. The van der Waals surface area contributed by atoms with E-state index in [-0.39, 0.29) is 6.61 Å². The summed E-state index contributed by atoms with van der Waals surface area (Å²) in [7, 11) is 0. The molecule has 0 bridgehead atoms. The van der Waals surface area contributed by atoms with Crippen molar-refractivity contribution in [2.45, 2.75) is 19.8 Å². The Hall–Kier alpha value is -2.72. The number of fused-ring (bicyclic) bond motifs is 1. The molecule has 0 saturated heterocycles. The number of nitrogens with zero attached hydrogens (tertiary/aromatic N) is 1. The van der Waals surface area contributed by atoms with E-state index in [1.807, 2.05) is 0 Å². The fourth-order valence-electron chi connectivity index (χ4n) is 2.62. The summed E-state index contributed by atoms with van der Waals surface area (Å²) in [5.41, 5.74) is 7.33. The summed E-state index contributed by atoms with van der Waals surface area (Å²) in [6.07, 6.45) is 1.52. The molecule has 2 N–H and O–H groups in total. The van der Waals surface area contributed by atoms with E-state index < -0.39 is 11.9 Å². The first kappa shape index (κ1) is 15.2. The maximum atomic E-state index is 12.4. The molecule has 0 aromatic carbocycles. The van der Waals surface area contributed by atoms with Crippen LogP contribution in [-0.2, 0) is 9.53 Å². The van der Waals surface area contributed by atoms with E-state index in [9.17, 15) is 10.1 Å². The molecule has 3 heterocycles. The van der Waals surface area contributed by atoms with Gasteiger partial charge in [-0.25, -0.2) is 4.79 Å². The van der Waals surface area contributed by atoms with E-state index in [2.05, 4.69) is 6.07 Å². The molecule has 2 aromatic heterocycles. The molecule has 7 heteroatoms. The van der Waals surface area contributed by atoms with E-state index >= 15 is 0 Å². The Bertz CT molecular complexity index is 827. The third-order valence-electron chi connectivity index (χ3n) is 3.58. The summed E-state index contributed by atoms with van der Waals surface area (Å²) in [4.78, 5) is 12.8. The van der Waals surface area contributed by atoms with Crippen LogP contribution in [0.5, 0.6) is 5.06 Å². The zero-order valence-electron chi connectivity index (χ0n) is 12.6. The van der Waals surface area contributed by atoms with Gasteiger partial charge in [0.2, 0.25) is 0 Å². The van der Waals surface area contributed by atoms with Crippen LogP contribution in [0.3, 0.4) is 0 Å². The van der Waals surface area contributed by atoms with E-state index in [0.29, 0.717) is 38.3 Å². The predicted octanol–water partition coefficient (Wildman–Crippen LogP) is 3.16. The van der Waals surface area contributed by atoms with Gasteiger partial charge in [-0.3, -0.25) is 0 Å². The Morgan fingerprint density at radius 2 is 2.35 bits per heavy atom. The lowest BCUT2D eigenvalue weighted by Gasteiger charge is -2.25. The van der Waals surface area contributed by atoms with Crippen LogP contribution >= 0.6 is 11.3 Å². The van der Waals surface area contributed by atoms with E-state index in [1.54, 1.807) is 26.0 Å². The lowest BCUT2D eigenvalue weighted by molar-refractivity contribution is -0.139. The van der Waals surface area contributed by atoms with Crippen molar-refractivity contribution >= 4 is 23.0 Å². The van der Waals surface area contributed by atoms with Crippen LogP contribution in [0.25, 0.3) is 0 Å². The van der Waals surface area contributed by atoms with E-state index in [1.165, 1.54) is 6.26 Å². The van der Waals surface area contributed by atoms with Crippen molar-refractivity contribution in [3.05, 3.63) is 45.9 Å². The Morgan fingerprint density at radius 1 is 1.57 bits per heavy atom. The highest BCUT2D eigenvalue weighted by Gasteiger charge is 2.40. The van der Waals surface area contributed by atoms with Gasteiger partial charge in [-0.2, -0.15) is 5.26 Å². The minimum atomic E-state index is -0.550. The van der Waals surface area contributed by atoms with Gasteiger partial charge in [0.15, 0.2) is 5.06 Å². The Morgan fingerprint density at radius 3 is 2.96 bits per heavy atom. The molecular weight excluding hydrogens is 316 g/mol. The SMILES string of the molecule is CCOC(=O)C1=C(C)Oc2sc(C#N)c(N)c2C1c1ccco1. The molecule has 118 valence electrons. The van der Waals surface area contributed by atoms with Crippen molar-refractivity contribution in [2.24, 2.45) is 0 Å². The molecule has 0 radical (unpaired) electrons. The molecule has 1 aliphatic heterocycles.